The SMILES string of the molecule is Br.CCCCCCCCCCCCCCCCOCC.CN(C)C. The Balaban J connectivity index is -0.000000787. The lowest BCUT2D eigenvalue weighted by Crippen LogP contribution is -1.99. The van der Waals surface area contributed by atoms with Crippen LogP contribution in [0.15, 0.2) is 0 Å². The molecule has 0 saturated carbocycles. The van der Waals surface area contributed by atoms with E-state index >= 15 is 0 Å². The van der Waals surface area contributed by atoms with Crippen LogP contribution in [0.3, 0.4) is 0 Å². The first kappa shape index (κ1) is 29.2. The van der Waals surface area contributed by atoms with E-state index in [1.165, 1.54) is 89.9 Å². The van der Waals surface area contributed by atoms with Crippen molar-refractivity contribution < 1.29 is 4.74 Å². The Morgan fingerprint density at radius 1 is 0.542 bits per heavy atom. The van der Waals surface area contributed by atoms with Crippen molar-refractivity contribution in [1.29, 1.82) is 0 Å². The lowest BCUT2D eigenvalue weighted by molar-refractivity contribution is 0.143. The Morgan fingerprint density at radius 2 is 0.833 bits per heavy atom. The Morgan fingerprint density at radius 3 is 1.12 bits per heavy atom. The van der Waals surface area contributed by atoms with Crippen LogP contribution in [0.25, 0.3) is 0 Å². The largest absolute Gasteiger partial charge is 0.382 e. The Hall–Kier alpha value is 0.400. The van der Waals surface area contributed by atoms with Crippen LogP contribution in [-0.2, 0) is 4.74 Å². The van der Waals surface area contributed by atoms with Gasteiger partial charge in [0.25, 0.3) is 0 Å². The molecule has 0 N–H and O–H groups in total. The van der Waals surface area contributed by atoms with Gasteiger partial charge >= 0.3 is 0 Å². The molecule has 0 saturated heterocycles. The molecule has 0 radical (unpaired) electrons. The maximum Gasteiger partial charge on any atom is 0.0465 e. The smallest absolute Gasteiger partial charge is 0.0465 e. The van der Waals surface area contributed by atoms with Crippen molar-refractivity contribution in [3.8, 4) is 0 Å². The summed E-state index contributed by atoms with van der Waals surface area (Å²) < 4.78 is 5.34. The standard InChI is InChI=1S/C18H38O.C3H9N.BrH/c1-3-5-6-7-8-9-10-11-12-13-14-15-16-17-18-19-4-2;1-4(2)3;/h3-18H2,1-2H3;1-3H3;1H. The lowest BCUT2D eigenvalue weighted by Gasteiger charge is -2.03. The first-order valence-electron chi connectivity index (χ1n) is 10.3. The summed E-state index contributed by atoms with van der Waals surface area (Å²) in [6.07, 6.45) is 20.0. The van der Waals surface area contributed by atoms with Gasteiger partial charge in [0.2, 0.25) is 0 Å². The summed E-state index contributed by atoms with van der Waals surface area (Å²) >= 11 is 0. The van der Waals surface area contributed by atoms with Crippen LogP contribution < -0.4 is 0 Å². The van der Waals surface area contributed by atoms with Gasteiger partial charge in [0.1, 0.15) is 0 Å². The van der Waals surface area contributed by atoms with E-state index in [9.17, 15) is 0 Å². The fourth-order valence-electron chi connectivity index (χ4n) is 2.54. The van der Waals surface area contributed by atoms with Crippen LogP contribution in [0.4, 0.5) is 0 Å². The van der Waals surface area contributed by atoms with Gasteiger partial charge in [-0.2, -0.15) is 0 Å². The molecular formula is C21H48BrNO. The number of hydrogen-bond donors (Lipinski definition) is 0. The summed E-state index contributed by atoms with van der Waals surface area (Å²) in [7, 11) is 6.00. The van der Waals surface area contributed by atoms with Crippen LogP contribution in [0.5, 0.6) is 0 Å². The molecular weight excluding hydrogens is 362 g/mol. The summed E-state index contributed by atoms with van der Waals surface area (Å²) in [6.45, 7) is 6.20. The lowest BCUT2D eigenvalue weighted by atomic mass is 10.0. The van der Waals surface area contributed by atoms with Crippen LogP contribution >= 0.6 is 17.0 Å². The number of hydrogen-bond acceptors (Lipinski definition) is 2. The molecule has 3 heteroatoms. The maximum absolute atomic E-state index is 5.34. The molecule has 0 aromatic rings. The van der Waals surface area contributed by atoms with E-state index in [0.717, 1.165) is 13.2 Å². The van der Waals surface area contributed by atoms with Crippen LogP contribution in [0.1, 0.15) is 104 Å². The van der Waals surface area contributed by atoms with E-state index in [0.29, 0.717) is 0 Å². The van der Waals surface area contributed by atoms with Crippen molar-refractivity contribution in [2.75, 3.05) is 34.4 Å². The van der Waals surface area contributed by atoms with E-state index < -0.39 is 0 Å². The molecule has 24 heavy (non-hydrogen) atoms. The van der Waals surface area contributed by atoms with Gasteiger partial charge in [-0.25, -0.2) is 0 Å². The normalized spacial score (nSPS) is 10.2. The molecule has 0 aromatic carbocycles. The molecule has 150 valence electrons. The minimum Gasteiger partial charge on any atom is -0.382 e. The molecule has 0 unspecified atom stereocenters. The van der Waals surface area contributed by atoms with Crippen molar-refractivity contribution in [2.24, 2.45) is 0 Å². The summed E-state index contributed by atoms with van der Waals surface area (Å²) in [5, 5.41) is 0. The molecule has 0 aliphatic carbocycles. The van der Waals surface area contributed by atoms with Crippen molar-refractivity contribution in [3.63, 3.8) is 0 Å². The van der Waals surface area contributed by atoms with Gasteiger partial charge in [0, 0.05) is 13.2 Å². The highest BCUT2D eigenvalue weighted by atomic mass is 79.9. The second-order valence-corrected chi connectivity index (χ2v) is 7.13. The molecule has 0 amide bonds. The molecule has 0 rings (SSSR count). The maximum atomic E-state index is 5.34. The van der Waals surface area contributed by atoms with E-state index in [2.05, 4.69) is 13.8 Å². The second-order valence-electron chi connectivity index (χ2n) is 7.13. The quantitative estimate of drug-likeness (QED) is 0.248. The molecule has 0 fully saturated rings. The van der Waals surface area contributed by atoms with Crippen LogP contribution in [0, 0.1) is 0 Å². The number of halogens is 1. The van der Waals surface area contributed by atoms with E-state index in [1.807, 2.05) is 26.0 Å². The van der Waals surface area contributed by atoms with Gasteiger partial charge < -0.3 is 9.64 Å². The van der Waals surface area contributed by atoms with Crippen LogP contribution in [0.2, 0.25) is 0 Å². The van der Waals surface area contributed by atoms with Gasteiger partial charge in [0.15, 0.2) is 0 Å². The Bertz CT molecular complexity index is 170. The number of ether oxygens (including phenoxy) is 1. The van der Waals surface area contributed by atoms with Gasteiger partial charge in [0.05, 0.1) is 0 Å². The third-order valence-corrected chi connectivity index (χ3v) is 3.85. The molecule has 0 aliphatic heterocycles. The van der Waals surface area contributed by atoms with E-state index in [-0.39, 0.29) is 17.0 Å². The predicted octanol–water partition coefficient (Wildman–Crippen LogP) is 7.26. The van der Waals surface area contributed by atoms with Gasteiger partial charge in [-0.3, -0.25) is 0 Å². The van der Waals surface area contributed by atoms with E-state index in [4.69, 9.17) is 4.74 Å². The Kier molecular flexibility index (Phi) is 34.3. The summed E-state index contributed by atoms with van der Waals surface area (Å²) in [5.74, 6) is 0. The summed E-state index contributed by atoms with van der Waals surface area (Å²) in [6, 6.07) is 0. The number of nitrogens with zero attached hydrogens (tertiary/aromatic N) is 1. The molecule has 0 bridgehead atoms. The minimum atomic E-state index is 0. The monoisotopic (exact) mass is 409 g/mol. The van der Waals surface area contributed by atoms with Crippen molar-refractivity contribution in [3.05, 3.63) is 0 Å². The zero-order valence-corrected chi connectivity index (χ0v) is 19.3. The molecule has 0 aromatic heterocycles. The average Bonchev–Trinajstić information content (AvgIpc) is 2.50. The third-order valence-electron chi connectivity index (χ3n) is 3.85. The van der Waals surface area contributed by atoms with Crippen LogP contribution in [-0.4, -0.2) is 39.3 Å². The zero-order valence-electron chi connectivity index (χ0n) is 17.6. The molecule has 0 spiro atoms. The van der Waals surface area contributed by atoms with E-state index in [1.54, 1.807) is 0 Å². The number of rotatable bonds is 16. The molecule has 0 heterocycles. The van der Waals surface area contributed by atoms with Gasteiger partial charge in [-0.05, 0) is 34.5 Å². The van der Waals surface area contributed by atoms with Crippen molar-refractivity contribution in [1.82, 2.24) is 4.90 Å². The second kappa shape index (κ2) is 28.2. The molecule has 2 nitrogen and oxygen atoms in total. The zero-order chi connectivity index (χ0) is 17.6. The first-order chi connectivity index (χ1) is 11.1. The Labute approximate surface area is 164 Å². The van der Waals surface area contributed by atoms with Crippen molar-refractivity contribution in [2.45, 2.75) is 104 Å². The highest BCUT2D eigenvalue weighted by Gasteiger charge is 1.94. The average molecular weight is 411 g/mol. The van der Waals surface area contributed by atoms with Gasteiger partial charge in [-0.1, -0.05) is 90.4 Å². The fourth-order valence-corrected chi connectivity index (χ4v) is 2.54. The third kappa shape index (κ3) is 38.1. The highest BCUT2D eigenvalue weighted by molar-refractivity contribution is 8.93. The minimum absolute atomic E-state index is 0. The summed E-state index contributed by atoms with van der Waals surface area (Å²) in [5.41, 5.74) is 0. The molecule has 0 aliphatic rings. The van der Waals surface area contributed by atoms with Crippen molar-refractivity contribution >= 4 is 17.0 Å². The van der Waals surface area contributed by atoms with Gasteiger partial charge in [-0.15, -0.1) is 17.0 Å². The fraction of sp³-hybridized carbons (Fsp3) is 1.00. The summed E-state index contributed by atoms with van der Waals surface area (Å²) in [4.78, 5) is 2.00. The number of unbranched alkanes of at least 4 members (excludes halogenated alkanes) is 13. The predicted molar refractivity (Wildman–Crippen MR) is 117 cm³/mol. The highest BCUT2D eigenvalue weighted by Crippen LogP contribution is 2.12. The first-order valence-corrected chi connectivity index (χ1v) is 10.3. The molecule has 0 atom stereocenters. The topological polar surface area (TPSA) is 12.5 Å².